The van der Waals surface area contributed by atoms with Crippen molar-refractivity contribution in [3.63, 3.8) is 0 Å². The minimum Gasteiger partial charge on any atom is -0.294 e. The summed E-state index contributed by atoms with van der Waals surface area (Å²) in [6.07, 6.45) is 13.9. The summed E-state index contributed by atoms with van der Waals surface area (Å²) in [5.41, 5.74) is 1.79. The van der Waals surface area contributed by atoms with Gasteiger partial charge in [-0.15, -0.1) is 0 Å². The number of carbonyl (C=O) groups is 2. The molecular formula is C29H40O2S. The van der Waals surface area contributed by atoms with E-state index >= 15 is 0 Å². The van der Waals surface area contributed by atoms with Gasteiger partial charge in [0.2, 0.25) is 0 Å². The smallest absolute Gasteiger partial charge is 0.189 e. The van der Waals surface area contributed by atoms with Crippen molar-refractivity contribution in [2.75, 3.05) is 5.75 Å². The Morgan fingerprint density at radius 2 is 1.22 bits per heavy atom. The van der Waals surface area contributed by atoms with E-state index in [1.165, 1.54) is 69.5 Å². The van der Waals surface area contributed by atoms with Crippen LogP contribution in [0.4, 0.5) is 0 Å². The first kappa shape index (κ1) is 26.4. The largest absolute Gasteiger partial charge is 0.294 e. The van der Waals surface area contributed by atoms with Crippen LogP contribution >= 0.6 is 11.8 Å². The van der Waals surface area contributed by atoms with E-state index in [2.05, 4.69) is 6.92 Å². The Hall–Kier alpha value is -1.87. The van der Waals surface area contributed by atoms with Crippen LogP contribution in [0.2, 0.25) is 0 Å². The van der Waals surface area contributed by atoms with E-state index in [-0.39, 0.29) is 16.8 Å². The minimum absolute atomic E-state index is 0.0587. The number of ketones is 1. The van der Waals surface area contributed by atoms with Crippen LogP contribution in [-0.4, -0.2) is 16.7 Å². The van der Waals surface area contributed by atoms with Crippen LogP contribution in [0.25, 0.3) is 0 Å². The number of benzene rings is 2. The fourth-order valence-electron chi connectivity index (χ4n) is 4.03. The molecule has 32 heavy (non-hydrogen) atoms. The number of rotatable bonds is 17. The van der Waals surface area contributed by atoms with Crippen molar-refractivity contribution in [1.82, 2.24) is 0 Å². The summed E-state index contributed by atoms with van der Waals surface area (Å²) in [6.45, 7) is 2.26. The van der Waals surface area contributed by atoms with Gasteiger partial charge in [0.05, 0.1) is 0 Å². The van der Waals surface area contributed by atoms with E-state index in [1.807, 2.05) is 60.7 Å². The monoisotopic (exact) mass is 452 g/mol. The van der Waals surface area contributed by atoms with E-state index in [0.29, 0.717) is 12.8 Å². The Morgan fingerprint density at radius 3 is 1.81 bits per heavy atom. The van der Waals surface area contributed by atoms with E-state index in [0.717, 1.165) is 23.3 Å². The predicted molar refractivity (Wildman–Crippen MR) is 138 cm³/mol. The van der Waals surface area contributed by atoms with Gasteiger partial charge < -0.3 is 0 Å². The van der Waals surface area contributed by atoms with Gasteiger partial charge in [0.1, 0.15) is 0 Å². The second-order valence-electron chi connectivity index (χ2n) is 8.71. The highest BCUT2D eigenvalue weighted by Crippen LogP contribution is 2.28. The van der Waals surface area contributed by atoms with E-state index in [1.54, 1.807) is 0 Å². The number of hydrogen-bond donors (Lipinski definition) is 0. The maximum atomic E-state index is 12.8. The molecule has 0 N–H and O–H groups in total. The second kappa shape index (κ2) is 16.7. The summed E-state index contributed by atoms with van der Waals surface area (Å²) in [5, 5.41) is 0.204. The summed E-state index contributed by atoms with van der Waals surface area (Å²) in [7, 11) is 0. The maximum Gasteiger partial charge on any atom is 0.189 e. The average Bonchev–Trinajstić information content (AvgIpc) is 2.83. The molecule has 0 aliphatic heterocycles. The first-order valence-corrected chi connectivity index (χ1v) is 13.5. The zero-order valence-electron chi connectivity index (χ0n) is 19.8. The number of unbranched alkanes of at least 4 members (excludes halogenated alkanes) is 9. The molecule has 2 aromatic rings. The molecule has 0 saturated carbocycles. The van der Waals surface area contributed by atoms with Gasteiger partial charge in [-0.05, 0) is 17.9 Å². The fourth-order valence-corrected chi connectivity index (χ4v) is 4.93. The second-order valence-corrected chi connectivity index (χ2v) is 9.86. The molecule has 1 atom stereocenters. The van der Waals surface area contributed by atoms with Crippen molar-refractivity contribution < 1.29 is 9.59 Å². The zero-order valence-corrected chi connectivity index (χ0v) is 20.6. The first-order chi connectivity index (χ1) is 15.7. The molecule has 0 aliphatic carbocycles. The Labute approximate surface area is 199 Å². The van der Waals surface area contributed by atoms with Gasteiger partial charge in [0, 0.05) is 24.2 Å². The van der Waals surface area contributed by atoms with Crippen LogP contribution in [0.5, 0.6) is 0 Å². The summed E-state index contributed by atoms with van der Waals surface area (Å²) >= 11 is 1.45. The van der Waals surface area contributed by atoms with Crippen molar-refractivity contribution >= 4 is 22.7 Å². The lowest BCUT2D eigenvalue weighted by molar-refractivity contribution is -0.111. The van der Waals surface area contributed by atoms with Crippen LogP contribution in [0.15, 0.2) is 60.7 Å². The molecule has 0 amide bonds. The molecule has 2 nitrogen and oxygen atoms in total. The molecule has 174 valence electrons. The molecule has 0 saturated heterocycles. The van der Waals surface area contributed by atoms with Gasteiger partial charge in [0.15, 0.2) is 10.9 Å². The Kier molecular flexibility index (Phi) is 13.8. The van der Waals surface area contributed by atoms with Crippen molar-refractivity contribution in [1.29, 1.82) is 0 Å². The fraction of sp³-hybridized carbons (Fsp3) is 0.517. The SMILES string of the molecule is CCCCCCCCCCCCSC(=O)C[C@@H](CC(=O)c1ccccc1)c1ccccc1. The number of thioether (sulfide) groups is 1. The highest BCUT2D eigenvalue weighted by Gasteiger charge is 2.20. The van der Waals surface area contributed by atoms with Gasteiger partial charge in [0.25, 0.3) is 0 Å². The van der Waals surface area contributed by atoms with Gasteiger partial charge in [-0.2, -0.15) is 0 Å². The molecule has 0 aliphatic rings. The van der Waals surface area contributed by atoms with Crippen LogP contribution in [0, 0.1) is 0 Å². The highest BCUT2D eigenvalue weighted by molar-refractivity contribution is 8.13. The van der Waals surface area contributed by atoms with Crippen molar-refractivity contribution in [3.05, 3.63) is 71.8 Å². The van der Waals surface area contributed by atoms with Crippen LogP contribution < -0.4 is 0 Å². The predicted octanol–water partition coefficient (Wildman–Crippen LogP) is 8.61. The highest BCUT2D eigenvalue weighted by atomic mass is 32.2. The lowest BCUT2D eigenvalue weighted by Gasteiger charge is -2.16. The molecule has 0 aromatic heterocycles. The molecule has 2 rings (SSSR count). The van der Waals surface area contributed by atoms with Gasteiger partial charge in [-0.3, -0.25) is 9.59 Å². The summed E-state index contributed by atoms with van der Waals surface area (Å²) in [6, 6.07) is 19.4. The van der Waals surface area contributed by atoms with Gasteiger partial charge >= 0.3 is 0 Å². The van der Waals surface area contributed by atoms with Gasteiger partial charge in [-0.1, -0.05) is 137 Å². The van der Waals surface area contributed by atoms with Crippen LogP contribution in [-0.2, 0) is 4.79 Å². The number of Topliss-reactive ketones (excluding diaryl/α,β-unsaturated/α-hetero) is 1. The lowest BCUT2D eigenvalue weighted by Crippen LogP contribution is -2.11. The number of hydrogen-bond acceptors (Lipinski definition) is 3. The molecule has 0 heterocycles. The molecule has 0 unspecified atom stereocenters. The normalized spacial score (nSPS) is 11.9. The third kappa shape index (κ3) is 11.1. The standard InChI is InChI=1S/C29H40O2S/c1-2-3-4-5-6-7-8-9-10-17-22-32-29(31)24-27(25-18-13-11-14-19-25)23-28(30)26-20-15-12-16-21-26/h11-16,18-21,27H,2-10,17,22-24H2,1H3/t27-/m1/s1. The summed E-state index contributed by atoms with van der Waals surface area (Å²) in [5.74, 6) is 0.937. The van der Waals surface area contributed by atoms with E-state index in [9.17, 15) is 9.59 Å². The summed E-state index contributed by atoms with van der Waals surface area (Å²) < 4.78 is 0. The molecule has 2 aromatic carbocycles. The third-order valence-electron chi connectivity index (χ3n) is 5.97. The molecule has 0 spiro atoms. The molecule has 0 bridgehead atoms. The zero-order chi connectivity index (χ0) is 22.9. The van der Waals surface area contributed by atoms with Crippen molar-refractivity contribution in [3.8, 4) is 0 Å². The Balaban J connectivity index is 1.69. The topological polar surface area (TPSA) is 34.1 Å². The van der Waals surface area contributed by atoms with E-state index in [4.69, 9.17) is 0 Å². The first-order valence-electron chi connectivity index (χ1n) is 12.5. The van der Waals surface area contributed by atoms with E-state index < -0.39 is 0 Å². The molecule has 0 fully saturated rings. The molecular weight excluding hydrogens is 412 g/mol. The lowest BCUT2D eigenvalue weighted by atomic mass is 9.89. The molecule has 3 heteroatoms. The van der Waals surface area contributed by atoms with Crippen LogP contribution in [0.3, 0.4) is 0 Å². The molecule has 0 radical (unpaired) electrons. The van der Waals surface area contributed by atoms with Gasteiger partial charge in [-0.25, -0.2) is 0 Å². The number of carbonyl (C=O) groups excluding carboxylic acids is 2. The Bertz CT molecular complexity index is 757. The van der Waals surface area contributed by atoms with Crippen molar-refractivity contribution in [2.45, 2.75) is 89.9 Å². The maximum absolute atomic E-state index is 12.8. The van der Waals surface area contributed by atoms with Crippen LogP contribution in [0.1, 0.15) is 106 Å². The minimum atomic E-state index is -0.0587. The Morgan fingerprint density at radius 1 is 0.688 bits per heavy atom. The quantitative estimate of drug-likeness (QED) is 0.178. The summed E-state index contributed by atoms with van der Waals surface area (Å²) in [4.78, 5) is 25.4. The van der Waals surface area contributed by atoms with Crippen molar-refractivity contribution in [2.24, 2.45) is 0 Å². The average molecular weight is 453 g/mol. The third-order valence-corrected chi connectivity index (χ3v) is 6.95.